The van der Waals surface area contributed by atoms with Gasteiger partial charge in [0.15, 0.2) is 17.5 Å². The maximum absolute atomic E-state index is 5.71. The number of hydrogen-bond donors (Lipinski definition) is 2. The van der Waals surface area contributed by atoms with Crippen LogP contribution in [0.15, 0.2) is 23.2 Å². The van der Waals surface area contributed by atoms with E-state index >= 15 is 0 Å². The first-order chi connectivity index (χ1) is 14.2. The molecule has 0 spiro atoms. The van der Waals surface area contributed by atoms with E-state index in [1.165, 1.54) is 18.4 Å². The quantitative estimate of drug-likeness (QED) is 0.365. The summed E-state index contributed by atoms with van der Waals surface area (Å²) < 4.78 is 16.6. The van der Waals surface area contributed by atoms with Gasteiger partial charge in [0.2, 0.25) is 0 Å². The molecule has 0 radical (unpaired) electrons. The van der Waals surface area contributed by atoms with Crippen molar-refractivity contribution in [1.82, 2.24) is 15.5 Å². The van der Waals surface area contributed by atoms with Crippen molar-refractivity contribution in [1.29, 1.82) is 0 Å². The first-order valence-electron chi connectivity index (χ1n) is 10.8. The van der Waals surface area contributed by atoms with Gasteiger partial charge in [0.05, 0.1) is 19.8 Å². The molecule has 7 nitrogen and oxygen atoms in total. The van der Waals surface area contributed by atoms with E-state index in [1.807, 2.05) is 27.0 Å². The molecule has 1 aromatic rings. The van der Waals surface area contributed by atoms with Crippen LogP contribution in [0, 0.1) is 0 Å². The second kappa shape index (κ2) is 13.3. The van der Waals surface area contributed by atoms with E-state index in [0.717, 1.165) is 62.7 Å². The summed E-state index contributed by atoms with van der Waals surface area (Å²) in [7, 11) is 3.57. The third kappa shape index (κ3) is 8.50. The lowest BCUT2D eigenvalue weighted by molar-refractivity contribution is 0.144. The Labute approximate surface area is 175 Å². The normalized spacial score (nSPS) is 14.2. The number of nitrogens with zero attached hydrogens (tertiary/aromatic N) is 2. The Morgan fingerprint density at radius 3 is 2.45 bits per heavy atom. The first-order valence-corrected chi connectivity index (χ1v) is 10.8. The van der Waals surface area contributed by atoms with Gasteiger partial charge in [-0.1, -0.05) is 6.07 Å². The van der Waals surface area contributed by atoms with E-state index in [0.29, 0.717) is 13.2 Å². The summed E-state index contributed by atoms with van der Waals surface area (Å²) in [4.78, 5) is 6.83. The summed E-state index contributed by atoms with van der Waals surface area (Å²) >= 11 is 0. The van der Waals surface area contributed by atoms with Gasteiger partial charge in [0.25, 0.3) is 0 Å². The molecule has 2 N–H and O–H groups in total. The zero-order chi connectivity index (χ0) is 20.9. The van der Waals surface area contributed by atoms with Crippen molar-refractivity contribution in [2.24, 2.45) is 4.99 Å². The fourth-order valence-corrected chi connectivity index (χ4v) is 3.24. The molecule has 1 aliphatic carbocycles. The Morgan fingerprint density at radius 2 is 1.79 bits per heavy atom. The van der Waals surface area contributed by atoms with Crippen LogP contribution in [0.2, 0.25) is 0 Å². The third-order valence-corrected chi connectivity index (χ3v) is 4.87. The zero-order valence-electron chi connectivity index (χ0n) is 18.5. The van der Waals surface area contributed by atoms with Crippen LogP contribution in [-0.4, -0.2) is 77.1 Å². The lowest BCUT2D eigenvalue weighted by atomic mass is 10.1. The van der Waals surface area contributed by atoms with Crippen molar-refractivity contribution in [2.75, 3.05) is 60.2 Å². The van der Waals surface area contributed by atoms with Crippen molar-refractivity contribution < 1.29 is 14.2 Å². The number of benzene rings is 1. The summed E-state index contributed by atoms with van der Waals surface area (Å²) in [5, 5.41) is 6.81. The molecule has 7 heteroatoms. The van der Waals surface area contributed by atoms with Crippen LogP contribution in [0.5, 0.6) is 11.5 Å². The van der Waals surface area contributed by atoms with Crippen molar-refractivity contribution in [2.45, 2.75) is 39.2 Å². The predicted molar refractivity (Wildman–Crippen MR) is 118 cm³/mol. The van der Waals surface area contributed by atoms with Gasteiger partial charge in [-0.25, -0.2) is 0 Å². The molecule has 164 valence electrons. The zero-order valence-corrected chi connectivity index (χ0v) is 18.5. The number of guanidine groups is 1. The van der Waals surface area contributed by atoms with Crippen LogP contribution < -0.4 is 20.1 Å². The molecule has 1 saturated carbocycles. The maximum Gasteiger partial charge on any atom is 0.191 e. The average molecular weight is 407 g/mol. The van der Waals surface area contributed by atoms with Gasteiger partial charge >= 0.3 is 0 Å². The number of aliphatic imine (C=N–C) groups is 1. The Hall–Kier alpha value is -1.99. The van der Waals surface area contributed by atoms with Crippen molar-refractivity contribution >= 4 is 5.96 Å². The summed E-state index contributed by atoms with van der Waals surface area (Å²) in [6, 6.07) is 6.88. The van der Waals surface area contributed by atoms with E-state index in [1.54, 1.807) is 7.11 Å². The summed E-state index contributed by atoms with van der Waals surface area (Å²) in [6.45, 7) is 9.68. The van der Waals surface area contributed by atoms with Crippen LogP contribution >= 0.6 is 0 Å². The van der Waals surface area contributed by atoms with E-state index in [-0.39, 0.29) is 0 Å². The molecule has 2 rings (SSSR count). The molecule has 0 aliphatic heterocycles. The number of methoxy groups -OCH3 is 1. The molecule has 1 aliphatic rings. The van der Waals surface area contributed by atoms with E-state index in [2.05, 4.69) is 32.7 Å². The summed E-state index contributed by atoms with van der Waals surface area (Å²) in [5.74, 6) is 2.45. The minimum atomic E-state index is 0.626. The molecule has 0 heterocycles. The standard InChI is InChI=1S/C22H38N4O3/c1-5-28-20-10-7-18(17-21(20)29-6-2)11-12-24-22(23-3)25-13-14-26(15-16-27-4)19-8-9-19/h7,10,17,19H,5-6,8-9,11-16H2,1-4H3,(H2,23,24,25). The molecule has 29 heavy (non-hydrogen) atoms. The second-order valence-corrected chi connectivity index (χ2v) is 7.08. The molecular weight excluding hydrogens is 368 g/mol. The van der Waals surface area contributed by atoms with Gasteiger partial charge < -0.3 is 24.8 Å². The van der Waals surface area contributed by atoms with E-state index in [4.69, 9.17) is 14.2 Å². The van der Waals surface area contributed by atoms with Crippen molar-refractivity contribution in [3.8, 4) is 11.5 Å². The number of rotatable bonds is 14. The first kappa shape index (κ1) is 23.3. The highest BCUT2D eigenvalue weighted by molar-refractivity contribution is 5.79. The van der Waals surface area contributed by atoms with Gasteiger partial charge in [-0.2, -0.15) is 0 Å². The summed E-state index contributed by atoms with van der Waals surface area (Å²) in [5.41, 5.74) is 1.21. The van der Waals surface area contributed by atoms with Crippen LogP contribution in [0.4, 0.5) is 0 Å². The maximum atomic E-state index is 5.71. The van der Waals surface area contributed by atoms with Gasteiger partial charge in [-0.3, -0.25) is 9.89 Å². The Balaban J connectivity index is 1.74. The average Bonchev–Trinajstić information content (AvgIpc) is 3.56. The van der Waals surface area contributed by atoms with Gasteiger partial charge in [0.1, 0.15) is 0 Å². The summed E-state index contributed by atoms with van der Waals surface area (Å²) in [6.07, 6.45) is 3.50. The van der Waals surface area contributed by atoms with Crippen LogP contribution in [0.25, 0.3) is 0 Å². The fourth-order valence-electron chi connectivity index (χ4n) is 3.24. The second-order valence-electron chi connectivity index (χ2n) is 7.08. The lowest BCUT2D eigenvalue weighted by Gasteiger charge is -2.22. The molecular formula is C22H38N4O3. The minimum Gasteiger partial charge on any atom is -0.490 e. The van der Waals surface area contributed by atoms with Crippen LogP contribution in [0.1, 0.15) is 32.3 Å². The number of ether oxygens (including phenoxy) is 3. The number of hydrogen-bond acceptors (Lipinski definition) is 5. The highest BCUT2D eigenvalue weighted by atomic mass is 16.5. The Morgan fingerprint density at radius 1 is 1.07 bits per heavy atom. The molecule has 1 fully saturated rings. The van der Waals surface area contributed by atoms with Crippen LogP contribution in [0.3, 0.4) is 0 Å². The monoisotopic (exact) mass is 406 g/mol. The van der Waals surface area contributed by atoms with Crippen molar-refractivity contribution in [3.05, 3.63) is 23.8 Å². The Kier molecular flexibility index (Phi) is 10.7. The predicted octanol–water partition coefficient (Wildman–Crippen LogP) is 2.30. The molecule has 0 aromatic heterocycles. The SMILES string of the molecule is CCOc1ccc(CCNC(=NC)NCCN(CCOC)C2CC2)cc1OCC. The van der Waals surface area contributed by atoms with Gasteiger partial charge in [0, 0.05) is 46.4 Å². The molecule has 0 amide bonds. The van der Waals surface area contributed by atoms with Crippen molar-refractivity contribution in [3.63, 3.8) is 0 Å². The smallest absolute Gasteiger partial charge is 0.191 e. The molecule has 0 bridgehead atoms. The molecule has 0 saturated heterocycles. The lowest BCUT2D eigenvalue weighted by Crippen LogP contribution is -2.43. The van der Waals surface area contributed by atoms with Gasteiger partial charge in [-0.15, -0.1) is 0 Å². The number of nitrogens with one attached hydrogen (secondary N) is 2. The van der Waals surface area contributed by atoms with E-state index in [9.17, 15) is 0 Å². The third-order valence-electron chi connectivity index (χ3n) is 4.87. The largest absolute Gasteiger partial charge is 0.490 e. The molecule has 0 unspecified atom stereocenters. The minimum absolute atomic E-state index is 0.626. The molecule has 1 aromatic carbocycles. The van der Waals surface area contributed by atoms with Crippen LogP contribution in [-0.2, 0) is 11.2 Å². The fraction of sp³-hybridized carbons (Fsp3) is 0.682. The Bertz CT molecular complexity index is 620. The topological polar surface area (TPSA) is 67.4 Å². The molecule has 0 atom stereocenters. The van der Waals surface area contributed by atoms with E-state index < -0.39 is 0 Å². The van der Waals surface area contributed by atoms with Gasteiger partial charge in [-0.05, 0) is 50.8 Å². The highest BCUT2D eigenvalue weighted by Gasteiger charge is 2.28. The highest BCUT2D eigenvalue weighted by Crippen LogP contribution is 2.28.